The first kappa shape index (κ1) is 27.9. The summed E-state index contributed by atoms with van der Waals surface area (Å²) in [4.78, 5) is 35.1. The lowest BCUT2D eigenvalue weighted by Gasteiger charge is -2.20. The zero-order chi connectivity index (χ0) is 27.0. The summed E-state index contributed by atoms with van der Waals surface area (Å²) < 4.78 is 38.2. The van der Waals surface area contributed by atoms with Crippen molar-refractivity contribution in [3.8, 4) is 5.75 Å². The van der Waals surface area contributed by atoms with Gasteiger partial charge >= 0.3 is 5.97 Å². The molecule has 2 N–H and O–H groups in total. The van der Waals surface area contributed by atoms with E-state index in [0.29, 0.717) is 22.8 Å². The lowest BCUT2D eigenvalue weighted by atomic mass is 10.3. The van der Waals surface area contributed by atoms with Gasteiger partial charge in [-0.3, -0.25) is 13.9 Å². The molecule has 0 unspecified atom stereocenters. The van der Waals surface area contributed by atoms with E-state index in [1.807, 2.05) is 6.07 Å². The summed E-state index contributed by atoms with van der Waals surface area (Å²) in [6, 6.07) is 19.1. The van der Waals surface area contributed by atoms with Crippen molar-refractivity contribution in [1.82, 2.24) is 0 Å². The van der Waals surface area contributed by atoms with E-state index in [4.69, 9.17) is 9.47 Å². The molecule has 0 saturated carbocycles. The molecule has 37 heavy (non-hydrogen) atoms. The highest BCUT2D eigenvalue weighted by atomic mass is 127. The van der Waals surface area contributed by atoms with Crippen LogP contribution < -0.4 is 19.7 Å². The number of esters is 1. The average Bonchev–Trinajstić information content (AvgIpc) is 2.86. The number of nitrogens with one attached hydrogen (secondary N) is 2. The highest BCUT2D eigenvalue weighted by molar-refractivity contribution is 14.1. The van der Waals surface area contributed by atoms with Gasteiger partial charge in [0.05, 0.1) is 10.6 Å². The Morgan fingerprint density at radius 2 is 1.57 bits per heavy atom. The van der Waals surface area contributed by atoms with E-state index in [-0.39, 0.29) is 10.8 Å². The van der Waals surface area contributed by atoms with Gasteiger partial charge < -0.3 is 20.1 Å². The molecular formula is C25H24IN3O7S. The van der Waals surface area contributed by atoms with Gasteiger partial charge in [0, 0.05) is 28.9 Å². The van der Waals surface area contributed by atoms with Crippen molar-refractivity contribution in [3.63, 3.8) is 0 Å². The number of carbonyl (C=O) groups excluding carboxylic acids is 3. The monoisotopic (exact) mass is 637 g/mol. The third-order valence-electron chi connectivity index (χ3n) is 4.86. The molecule has 0 saturated heterocycles. The molecule has 0 bridgehead atoms. The number of hydrogen-bond acceptors (Lipinski definition) is 7. The zero-order valence-corrected chi connectivity index (χ0v) is 22.9. The second-order valence-electron chi connectivity index (χ2n) is 7.68. The highest BCUT2D eigenvalue weighted by Gasteiger charge is 2.21. The zero-order valence-electron chi connectivity index (χ0n) is 19.9. The van der Waals surface area contributed by atoms with Crippen LogP contribution in [0, 0.1) is 3.57 Å². The SMILES string of the molecule is CC(=O)Nc1ccc(S(=O)(=O)N(C)c2ccc(OCC(=O)OCC(=O)Nc3cccc(I)c3)cc2)cc1. The quantitative estimate of drug-likeness (QED) is 0.257. The van der Waals surface area contributed by atoms with Crippen molar-refractivity contribution < 1.29 is 32.3 Å². The largest absolute Gasteiger partial charge is 0.482 e. The molecule has 0 fully saturated rings. The normalized spacial score (nSPS) is 10.8. The number of ether oxygens (including phenoxy) is 2. The Balaban J connectivity index is 1.50. The van der Waals surface area contributed by atoms with E-state index < -0.39 is 35.1 Å². The fourth-order valence-electron chi connectivity index (χ4n) is 3.06. The molecule has 12 heteroatoms. The lowest BCUT2D eigenvalue weighted by molar-refractivity contribution is -0.149. The van der Waals surface area contributed by atoms with Crippen LogP contribution >= 0.6 is 22.6 Å². The summed E-state index contributed by atoms with van der Waals surface area (Å²) in [5.74, 6) is -1.15. The van der Waals surface area contributed by atoms with Crippen LogP contribution in [-0.2, 0) is 29.1 Å². The molecule has 0 aliphatic heterocycles. The highest BCUT2D eigenvalue weighted by Crippen LogP contribution is 2.25. The Bertz CT molecular complexity index is 1380. The van der Waals surface area contributed by atoms with Gasteiger partial charge in [-0.05, 0) is 89.3 Å². The number of hydrogen-bond donors (Lipinski definition) is 2. The maximum absolute atomic E-state index is 12.9. The molecule has 0 radical (unpaired) electrons. The van der Waals surface area contributed by atoms with E-state index in [1.165, 1.54) is 62.5 Å². The van der Waals surface area contributed by atoms with E-state index in [1.54, 1.807) is 18.2 Å². The second-order valence-corrected chi connectivity index (χ2v) is 10.9. The van der Waals surface area contributed by atoms with Crippen LogP contribution in [0.15, 0.2) is 77.7 Å². The topological polar surface area (TPSA) is 131 Å². The first-order valence-electron chi connectivity index (χ1n) is 10.8. The third-order valence-corrected chi connectivity index (χ3v) is 7.33. The Labute approximate surface area is 228 Å². The number of nitrogens with zero attached hydrogens (tertiary/aromatic N) is 1. The van der Waals surface area contributed by atoms with Crippen LogP contribution in [0.2, 0.25) is 0 Å². The Kier molecular flexibility index (Phi) is 9.47. The first-order chi connectivity index (χ1) is 17.5. The van der Waals surface area contributed by atoms with Gasteiger partial charge in [0.2, 0.25) is 5.91 Å². The number of amides is 2. The number of rotatable bonds is 10. The number of carbonyl (C=O) groups is 3. The van der Waals surface area contributed by atoms with Gasteiger partial charge in [-0.15, -0.1) is 0 Å². The van der Waals surface area contributed by atoms with Crippen LogP contribution in [0.25, 0.3) is 0 Å². The summed E-state index contributed by atoms with van der Waals surface area (Å²) in [5.41, 5.74) is 1.45. The van der Waals surface area contributed by atoms with E-state index >= 15 is 0 Å². The van der Waals surface area contributed by atoms with Crippen molar-refractivity contribution in [2.45, 2.75) is 11.8 Å². The maximum Gasteiger partial charge on any atom is 0.344 e. The predicted octanol–water partition coefficient (Wildman–Crippen LogP) is 3.64. The molecule has 0 atom stereocenters. The van der Waals surface area contributed by atoms with E-state index in [2.05, 4.69) is 33.2 Å². The van der Waals surface area contributed by atoms with Gasteiger partial charge in [0.25, 0.3) is 15.9 Å². The summed E-state index contributed by atoms with van der Waals surface area (Å²) >= 11 is 2.12. The van der Waals surface area contributed by atoms with Crippen LogP contribution in [0.5, 0.6) is 5.75 Å². The van der Waals surface area contributed by atoms with Gasteiger partial charge in [0.15, 0.2) is 13.2 Å². The molecule has 0 heterocycles. The Hall–Kier alpha value is -3.65. The minimum atomic E-state index is -3.85. The van der Waals surface area contributed by atoms with Crippen LogP contribution in [0.3, 0.4) is 0 Å². The van der Waals surface area contributed by atoms with Crippen LogP contribution in [-0.4, -0.2) is 46.5 Å². The number of sulfonamides is 1. The fraction of sp³-hybridized carbons (Fsp3) is 0.160. The van der Waals surface area contributed by atoms with Crippen LogP contribution in [0.1, 0.15) is 6.92 Å². The average molecular weight is 637 g/mol. The summed E-state index contributed by atoms with van der Waals surface area (Å²) in [7, 11) is -2.44. The van der Waals surface area contributed by atoms with E-state index in [0.717, 1.165) is 7.88 Å². The van der Waals surface area contributed by atoms with Crippen molar-refractivity contribution in [2.75, 3.05) is 35.2 Å². The molecule has 3 aromatic rings. The molecule has 3 aromatic carbocycles. The summed E-state index contributed by atoms with van der Waals surface area (Å²) in [5, 5.41) is 5.21. The molecular weight excluding hydrogens is 613 g/mol. The Morgan fingerprint density at radius 1 is 0.892 bits per heavy atom. The predicted molar refractivity (Wildman–Crippen MR) is 147 cm³/mol. The van der Waals surface area contributed by atoms with Crippen LogP contribution in [0.4, 0.5) is 17.1 Å². The molecule has 0 aliphatic rings. The lowest BCUT2D eigenvalue weighted by Crippen LogP contribution is -2.26. The summed E-state index contributed by atoms with van der Waals surface area (Å²) in [6.45, 7) is 0.479. The standard InChI is InChI=1S/C25H24IN3O7S/c1-17(30)27-19-6-12-23(13-7-19)37(33,34)29(2)21-8-10-22(11-9-21)35-16-25(32)36-15-24(31)28-20-5-3-4-18(26)14-20/h3-14H,15-16H2,1-2H3,(H,27,30)(H,28,31). The van der Waals surface area contributed by atoms with Crippen molar-refractivity contribution in [2.24, 2.45) is 0 Å². The molecule has 194 valence electrons. The minimum Gasteiger partial charge on any atom is -0.482 e. The second kappa shape index (κ2) is 12.5. The summed E-state index contributed by atoms with van der Waals surface area (Å²) in [6.07, 6.45) is 0. The van der Waals surface area contributed by atoms with Gasteiger partial charge in [-0.25, -0.2) is 13.2 Å². The number of halogens is 1. The van der Waals surface area contributed by atoms with Gasteiger partial charge in [-0.2, -0.15) is 0 Å². The van der Waals surface area contributed by atoms with E-state index in [9.17, 15) is 22.8 Å². The van der Waals surface area contributed by atoms with Gasteiger partial charge in [-0.1, -0.05) is 6.07 Å². The molecule has 0 aliphatic carbocycles. The smallest absolute Gasteiger partial charge is 0.344 e. The fourth-order valence-corrected chi connectivity index (χ4v) is 4.79. The van der Waals surface area contributed by atoms with Gasteiger partial charge in [0.1, 0.15) is 5.75 Å². The first-order valence-corrected chi connectivity index (χ1v) is 13.4. The van der Waals surface area contributed by atoms with Crippen molar-refractivity contribution >= 4 is 67.5 Å². The molecule has 2 amide bonds. The van der Waals surface area contributed by atoms with Crippen molar-refractivity contribution in [1.29, 1.82) is 0 Å². The molecule has 10 nitrogen and oxygen atoms in total. The number of benzene rings is 3. The number of anilines is 3. The minimum absolute atomic E-state index is 0.0539. The third kappa shape index (κ3) is 8.18. The Morgan fingerprint density at radius 3 is 2.19 bits per heavy atom. The maximum atomic E-state index is 12.9. The molecule has 3 rings (SSSR count). The molecule has 0 spiro atoms. The van der Waals surface area contributed by atoms with Crippen molar-refractivity contribution in [3.05, 3.63) is 76.4 Å². The molecule has 0 aromatic heterocycles.